The monoisotopic (exact) mass is 405 g/mol. The molecule has 0 bridgehead atoms. The van der Waals surface area contributed by atoms with E-state index < -0.39 is 11.9 Å². The van der Waals surface area contributed by atoms with Crippen LogP contribution in [-0.4, -0.2) is 30.8 Å². The fourth-order valence-corrected chi connectivity index (χ4v) is 3.14. The van der Waals surface area contributed by atoms with Gasteiger partial charge in [-0.25, -0.2) is 0 Å². The molecule has 1 saturated heterocycles. The number of halogens is 2. The molecule has 2 aromatic carbocycles. The van der Waals surface area contributed by atoms with Crippen molar-refractivity contribution in [1.82, 2.24) is 0 Å². The number of ketones is 1. The number of hydrogen-bond acceptors (Lipinski definition) is 4. The first-order valence-electron chi connectivity index (χ1n) is 8.37. The van der Waals surface area contributed by atoms with E-state index in [4.69, 9.17) is 27.9 Å². The van der Waals surface area contributed by atoms with E-state index >= 15 is 0 Å². The second kappa shape index (κ2) is 8.11. The molecule has 0 saturated carbocycles. The van der Waals surface area contributed by atoms with Gasteiger partial charge in [-0.15, -0.1) is 0 Å². The van der Waals surface area contributed by atoms with Gasteiger partial charge in [0.05, 0.1) is 5.92 Å². The van der Waals surface area contributed by atoms with Crippen molar-refractivity contribution in [1.29, 1.82) is 0 Å². The van der Waals surface area contributed by atoms with Gasteiger partial charge in [-0.1, -0.05) is 29.3 Å². The molecule has 1 aliphatic heterocycles. The molecule has 1 amide bonds. The van der Waals surface area contributed by atoms with E-state index in [-0.39, 0.29) is 31.3 Å². The van der Waals surface area contributed by atoms with Gasteiger partial charge >= 0.3 is 5.97 Å². The molecule has 7 heteroatoms. The summed E-state index contributed by atoms with van der Waals surface area (Å²) in [5.41, 5.74) is 1.96. The van der Waals surface area contributed by atoms with Gasteiger partial charge in [0.15, 0.2) is 12.4 Å². The smallest absolute Gasteiger partial charge is 0.311 e. The maximum absolute atomic E-state index is 12.3. The van der Waals surface area contributed by atoms with Crippen molar-refractivity contribution >= 4 is 46.5 Å². The number of anilines is 1. The summed E-state index contributed by atoms with van der Waals surface area (Å²) in [5.74, 6) is -1.69. The first-order valence-corrected chi connectivity index (χ1v) is 9.12. The highest BCUT2D eigenvalue weighted by Gasteiger charge is 2.36. The zero-order valence-corrected chi connectivity index (χ0v) is 16.1. The first-order chi connectivity index (χ1) is 12.8. The Morgan fingerprint density at radius 3 is 2.52 bits per heavy atom. The summed E-state index contributed by atoms with van der Waals surface area (Å²) in [7, 11) is 0. The van der Waals surface area contributed by atoms with Gasteiger partial charge in [0.1, 0.15) is 0 Å². The van der Waals surface area contributed by atoms with E-state index in [1.807, 2.05) is 13.0 Å². The molecule has 0 N–H and O–H groups in total. The number of esters is 1. The van der Waals surface area contributed by atoms with E-state index in [0.717, 1.165) is 5.56 Å². The van der Waals surface area contributed by atoms with Crippen molar-refractivity contribution in [3.63, 3.8) is 0 Å². The molecule has 0 aliphatic carbocycles. The van der Waals surface area contributed by atoms with Gasteiger partial charge in [0, 0.05) is 34.3 Å². The molecule has 1 fully saturated rings. The molecule has 1 heterocycles. The molecule has 0 radical (unpaired) electrons. The standard InChI is InChI=1S/C20H17Cl2NO4/c1-12-2-7-16(9-17(12)22)23-10-14(8-19(23)25)20(26)27-11-18(24)13-3-5-15(21)6-4-13/h2-7,9,14H,8,10-11H2,1H3/t14-/m1/s1. The second-order valence-corrected chi connectivity index (χ2v) is 7.22. The Labute approximate surface area is 166 Å². The lowest BCUT2D eigenvalue weighted by atomic mass is 10.1. The van der Waals surface area contributed by atoms with Crippen molar-refractivity contribution < 1.29 is 19.1 Å². The molecule has 0 unspecified atom stereocenters. The van der Waals surface area contributed by atoms with Crippen molar-refractivity contribution in [3.05, 3.63) is 63.6 Å². The van der Waals surface area contributed by atoms with Crippen LogP contribution in [-0.2, 0) is 14.3 Å². The molecule has 27 heavy (non-hydrogen) atoms. The summed E-state index contributed by atoms with van der Waals surface area (Å²) in [4.78, 5) is 38.1. The van der Waals surface area contributed by atoms with Gasteiger partial charge in [-0.05, 0) is 48.9 Å². The maximum atomic E-state index is 12.3. The van der Waals surface area contributed by atoms with Gasteiger partial charge in [-0.3, -0.25) is 14.4 Å². The molecular weight excluding hydrogens is 389 g/mol. The fourth-order valence-electron chi connectivity index (χ4n) is 2.84. The number of Topliss-reactive ketones (excluding diaryl/α,β-unsaturated/α-hetero) is 1. The van der Waals surface area contributed by atoms with Crippen molar-refractivity contribution in [3.8, 4) is 0 Å². The van der Waals surface area contributed by atoms with Crippen molar-refractivity contribution in [2.45, 2.75) is 13.3 Å². The number of ether oxygens (including phenoxy) is 1. The summed E-state index contributed by atoms with van der Waals surface area (Å²) >= 11 is 11.9. The maximum Gasteiger partial charge on any atom is 0.311 e. The van der Waals surface area contributed by atoms with Crippen LogP contribution in [0.2, 0.25) is 10.0 Å². The highest BCUT2D eigenvalue weighted by Crippen LogP contribution is 2.29. The molecule has 2 aromatic rings. The van der Waals surface area contributed by atoms with Crippen molar-refractivity contribution in [2.75, 3.05) is 18.1 Å². The summed E-state index contributed by atoms with van der Waals surface area (Å²) in [6, 6.07) is 11.6. The number of amides is 1. The normalized spacial score (nSPS) is 16.5. The van der Waals surface area contributed by atoms with Crippen LogP contribution in [0.4, 0.5) is 5.69 Å². The predicted molar refractivity (Wildman–Crippen MR) is 103 cm³/mol. The third kappa shape index (κ3) is 4.49. The van der Waals surface area contributed by atoms with Crippen LogP contribution < -0.4 is 4.90 Å². The summed E-state index contributed by atoms with van der Waals surface area (Å²) in [5, 5.41) is 1.07. The van der Waals surface area contributed by atoms with Gasteiger partial charge in [0.25, 0.3) is 0 Å². The van der Waals surface area contributed by atoms with Crippen LogP contribution >= 0.6 is 23.2 Å². The van der Waals surface area contributed by atoms with Crippen LogP contribution in [0.25, 0.3) is 0 Å². The molecule has 5 nitrogen and oxygen atoms in total. The zero-order chi connectivity index (χ0) is 19.6. The largest absolute Gasteiger partial charge is 0.457 e. The van der Waals surface area contributed by atoms with Crippen LogP contribution in [0.1, 0.15) is 22.3 Å². The van der Waals surface area contributed by atoms with Crippen molar-refractivity contribution in [2.24, 2.45) is 5.92 Å². The third-order valence-electron chi connectivity index (χ3n) is 4.44. The molecule has 1 aliphatic rings. The van der Waals surface area contributed by atoms with Gasteiger partial charge in [-0.2, -0.15) is 0 Å². The Morgan fingerprint density at radius 1 is 1.15 bits per heavy atom. The Bertz CT molecular complexity index is 895. The number of hydrogen-bond donors (Lipinski definition) is 0. The number of benzene rings is 2. The van der Waals surface area contributed by atoms with Crippen LogP contribution in [0.15, 0.2) is 42.5 Å². The highest BCUT2D eigenvalue weighted by atomic mass is 35.5. The first kappa shape index (κ1) is 19.4. The number of carbonyl (C=O) groups excluding carboxylic acids is 3. The predicted octanol–water partition coefficient (Wildman–Crippen LogP) is 4.08. The minimum atomic E-state index is -0.615. The van der Waals surface area contributed by atoms with E-state index in [1.165, 1.54) is 4.90 Å². The SMILES string of the molecule is Cc1ccc(N2C[C@H](C(=O)OCC(=O)c3ccc(Cl)cc3)CC2=O)cc1Cl. The third-order valence-corrected chi connectivity index (χ3v) is 5.10. The molecule has 140 valence electrons. The minimum Gasteiger partial charge on any atom is -0.457 e. The lowest BCUT2D eigenvalue weighted by Gasteiger charge is -2.17. The summed E-state index contributed by atoms with van der Waals surface area (Å²) in [6.45, 7) is 1.70. The molecule has 3 rings (SSSR count). The summed E-state index contributed by atoms with van der Waals surface area (Å²) in [6.07, 6.45) is 0.0411. The Hall–Kier alpha value is -2.37. The lowest BCUT2D eigenvalue weighted by molar-refractivity contribution is -0.147. The molecule has 0 spiro atoms. The quantitative estimate of drug-likeness (QED) is 0.555. The van der Waals surface area contributed by atoms with Gasteiger partial charge < -0.3 is 9.64 Å². The Kier molecular flexibility index (Phi) is 5.82. The number of aryl methyl sites for hydroxylation is 1. The second-order valence-electron chi connectivity index (χ2n) is 6.38. The molecule has 1 atom stereocenters. The number of rotatable bonds is 5. The van der Waals surface area contributed by atoms with E-state index in [9.17, 15) is 14.4 Å². The van der Waals surface area contributed by atoms with E-state index in [2.05, 4.69) is 0 Å². The highest BCUT2D eigenvalue weighted by molar-refractivity contribution is 6.31. The van der Waals surface area contributed by atoms with E-state index in [1.54, 1.807) is 36.4 Å². The Balaban J connectivity index is 1.59. The Morgan fingerprint density at radius 2 is 1.85 bits per heavy atom. The average molecular weight is 406 g/mol. The summed E-state index contributed by atoms with van der Waals surface area (Å²) < 4.78 is 5.12. The topological polar surface area (TPSA) is 63.7 Å². The number of carbonyl (C=O) groups is 3. The van der Waals surface area contributed by atoms with E-state index in [0.29, 0.717) is 21.3 Å². The van der Waals surface area contributed by atoms with Crippen LogP contribution in [0.5, 0.6) is 0 Å². The molecular formula is C20H17Cl2NO4. The van der Waals surface area contributed by atoms with Gasteiger partial charge in [0.2, 0.25) is 5.91 Å². The number of nitrogens with zero attached hydrogens (tertiary/aromatic N) is 1. The molecule has 0 aromatic heterocycles. The fraction of sp³-hybridized carbons (Fsp3) is 0.250. The zero-order valence-electron chi connectivity index (χ0n) is 14.6. The average Bonchev–Trinajstić information content (AvgIpc) is 3.04. The lowest BCUT2D eigenvalue weighted by Crippen LogP contribution is -2.27. The minimum absolute atomic E-state index is 0.0411. The van der Waals surface area contributed by atoms with Crippen LogP contribution in [0.3, 0.4) is 0 Å². The van der Waals surface area contributed by atoms with Crippen LogP contribution in [0, 0.1) is 12.8 Å².